The van der Waals surface area contributed by atoms with Gasteiger partial charge >= 0.3 is 0 Å². The Morgan fingerprint density at radius 1 is 0.844 bits per heavy atom. The monoisotopic (exact) mass is 599 g/mol. The molecule has 5 aromatic rings. The lowest BCUT2D eigenvalue weighted by atomic mass is 9.74. The van der Waals surface area contributed by atoms with Gasteiger partial charge in [0, 0.05) is 29.8 Å². The van der Waals surface area contributed by atoms with Crippen LogP contribution in [-0.2, 0) is 24.3 Å². The van der Waals surface area contributed by atoms with Gasteiger partial charge in [0.05, 0.1) is 5.56 Å². The highest BCUT2D eigenvalue weighted by Gasteiger charge is 2.46. The van der Waals surface area contributed by atoms with E-state index in [9.17, 15) is 1.37 Å². The average molecular weight is 600 g/mol. The molecule has 2 heteroatoms. The Morgan fingerprint density at radius 3 is 2.29 bits per heavy atom. The predicted octanol–water partition coefficient (Wildman–Crippen LogP) is 11.6. The number of para-hydroxylation sites is 1. The molecule has 0 spiro atoms. The van der Waals surface area contributed by atoms with Crippen molar-refractivity contribution in [2.45, 2.75) is 117 Å². The molecule has 0 bridgehead atoms. The van der Waals surface area contributed by atoms with Crippen molar-refractivity contribution in [2.75, 3.05) is 0 Å². The summed E-state index contributed by atoms with van der Waals surface area (Å²) in [6.45, 7) is 18.8. The second-order valence-electron chi connectivity index (χ2n) is 16.7. The Kier molecular flexibility index (Phi) is 6.83. The van der Waals surface area contributed by atoms with Crippen molar-refractivity contribution in [1.29, 1.82) is 0 Å². The standard InChI is InChI=1S/C43H52NO/c1-27-18-19-34-33-17-13-16-32(39(33)45-40(34)36(27)35-24-28(22-23-44(35)9)25-41(2,3)4)31-21-20-30(29-14-11-10-12-15-29)37-38(31)43(7,8)26-42(37,5)6/h13,16-24,29H,10-12,14-15,25-26H2,1-9H3/q+1/i29D. The van der Waals surface area contributed by atoms with E-state index in [1.165, 1.54) is 67.4 Å². The maximum Gasteiger partial charge on any atom is 0.216 e. The minimum absolute atomic E-state index is 0.00756. The van der Waals surface area contributed by atoms with Gasteiger partial charge in [0.1, 0.15) is 18.2 Å². The zero-order valence-electron chi connectivity index (χ0n) is 30.1. The van der Waals surface area contributed by atoms with E-state index in [0.29, 0.717) is 0 Å². The number of hydrogen-bond donors (Lipinski definition) is 0. The van der Waals surface area contributed by atoms with Gasteiger partial charge in [0.2, 0.25) is 5.69 Å². The van der Waals surface area contributed by atoms with Crippen molar-refractivity contribution in [1.82, 2.24) is 0 Å². The summed E-state index contributed by atoms with van der Waals surface area (Å²) in [5.74, 6) is -0.493. The number of benzene rings is 3. The third-order valence-corrected chi connectivity index (χ3v) is 10.7. The Hall–Kier alpha value is -3.39. The minimum Gasteiger partial charge on any atom is -0.454 e. The molecule has 0 saturated heterocycles. The van der Waals surface area contributed by atoms with Crippen LogP contribution in [0.2, 0.25) is 0 Å². The minimum atomic E-state index is -0.493. The van der Waals surface area contributed by atoms with Gasteiger partial charge in [-0.3, -0.25) is 0 Å². The Labute approximate surface area is 272 Å². The van der Waals surface area contributed by atoms with Crippen LogP contribution in [0, 0.1) is 12.3 Å². The van der Waals surface area contributed by atoms with Gasteiger partial charge in [-0.2, -0.15) is 0 Å². The third-order valence-electron chi connectivity index (χ3n) is 10.7. The number of fused-ring (bicyclic) bond motifs is 4. The molecular formula is C43H52NO+. The molecule has 2 aromatic heterocycles. The van der Waals surface area contributed by atoms with Gasteiger partial charge in [-0.05, 0) is 88.1 Å². The highest BCUT2D eigenvalue weighted by molar-refractivity contribution is 6.13. The van der Waals surface area contributed by atoms with Crippen LogP contribution in [-0.4, -0.2) is 0 Å². The fraction of sp³-hybridized carbons (Fsp3) is 0.465. The summed E-state index contributed by atoms with van der Waals surface area (Å²) >= 11 is 0. The van der Waals surface area contributed by atoms with Gasteiger partial charge in [0.25, 0.3) is 0 Å². The van der Waals surface area contributed by atoms with Crippen molar-refractivity contribution in [3.05, 3.63) is 88.6 Å². The number of aryl methyl sites for hydroxylation is 2. The molecule has 2 nitrogen and oxygen atoms in total. The summed E-state index contributed by atoms with van der Waals surface area (Å²) in [5.41, 5.74) is 13.6. The zero-order valence-corrected chi connectivity index (χ0v) is 29.1. The Bertz CT molecular complexity index is 1990. The molecule has 1 fully saturated rings. The van der Waals surface area contributed by atoms with E-state index < -0.39 is 5.89 Å². The summed E-state index contributed by atoms with van der Waals surface area (Å²) in [4.78, 5) is 0. The van der Waals surface area contributed by atoms with Gasteiger partial charge in [-0.25, -0.2) is 4.57 Å². The van der Waals surface area contributed by atoms with Crippen LogP contribution in [0.3, 0.4) is 0 Å². The van der Waals surface area contributed by atoms with E-state index in [2.05, 4.69) is 128 Å². The molecule has 2 aliphatic rings. The number of pyridine rings is 1. The summed E-state index contributed by atoms with van der Waals surface area (Å²) in [6.07, 6.45) is 9.79. The number of rotatable bonds is 4. The van der Waals surface area contributed by atoms with E-state index in [1.807, 2.05) is 0 Å². The van der Waals surface area contributed by atoms with Gasteiger partial charge in [-0.1, -0.05) is 110 Å². The Morgan fingerprint density at radius 2 is 1.56 bits per heavy atom. The first-order valence-electron chi connectivity index (χ1n) is 17.7. The molecule has 3 aromatic carbocycles. The highest BCUT2D eigenvalue weighted by Crippen LogP contribution is 2.56. The van der Waals surface area contributed by atoms with Crippen molar-refractivity contribution >= 4 is 21.9 Å². The summed E-state index contributed by atoms with van der Waals surface area (Å²) in [7, 11) is 2.14. The topological polar surface area (TPSA) is 17.0 Å². The van der Waals surface area contributed by atoms with Crippen molar-refractivity contribution < 1.29 is 10.4 Å². The number of nitrogens with zero attached hydrogens (tertiary/aromatic N) is 1. The maximum absolute atomic E-state index is 9.70. The van der Waals surface area contributed by atoms with Crippen LogP contribution in [0.4, 0.5) is 0 Å². The van der Waals surface area contributed by atoms with Gasteiger partial charge in [-0.15, -0.1) is 0 Å². The zero-order chi connectivity index (χ0) is 32.8. The van der Waals surface area contributed by atoms with Crippen LogP contribution >= 0.6 is 0 Å². The Balaban J connectivity index is 1.48. The molecule has 234 valence electrons. The molecule has 0 radical (unpaired) electrons. The van der Waals surface area contributed by atoms with Gasteiger partial charge < -0.3 is 4.42 Å². The molecular weight excluding hydrogens is 546 g/mol. The summed E-state index contributed by atoms with van der Waals surface area (Å²) in [6, 6.07) is 20.5. The van der Waals surface area contributed by atoms with Crippen molar-refractivity contribution in [2.24, 2.45) is 12.5 Å². The number of furan rings is 1. The molecule has 0 N–H and O–H groups in total. The van der Waals surface area contributed by atoms with E-state index in [4.69, 9.17) is 4.42 Å². The third kappa shape index (κ3) is 5.13. The second kappa shape index (κ2) is 10.6. The quantitative estimate of drug-likeness (QED) is 0.188. The number of hydrogen-bond acceptors (Lipinski definition) is 1. The average Bonchev–Trinajstić information content (AvgIpc) is 3.44. The molecule has 7 rings (SSSR count). The van der Waals surface area contributed by atoms with Crippen LogP contribution in [0.1, 0.15) is 122 Å². The van der Waals surface area contributed by atoms with E-state index in [-0.39, 0.29) is 16.2 Å². The molecule has 0 amide bonds. The van der Waals surface area contributed by atoms with Crippen LogP contribution in [0.15, 0.2) is 65.2 Å². The summed E-state index contributed by atoms with van der Waals surface area (Å²) in [5, 5.41) is 2.33. The second-order valence-corrected chi connectivity index (χ2v) is 16.7. The molecule has 0 unspecified atom stereocenters. The smallest absolute Gasteiger partial charge is 0.216 e. The van der Waals surface area contributed by atoms with E-state index in [1.54, 1.807) is 0 Å². The molecule has 0 atom stereocenters. The maximum atomic E-state index is 9.70. The molecule has 2 aliphatic carbocycles. The summed E-state index contributed by atoms with van der Waals surface area (Å²) < 4.78 is 19.0. The fourth-order valence-electron chi connectivity index (χ4n) is 9.13. The predicted molar refractivity (Wildman–Crippen MR) is 190 cm³/mol. The largest absolute Gasteiger partial charge is 0.454 e. The van der Waals surface area contributed by atoms with Crippen LogP contribution < -0.4 is 4.57 Å². The normalized spacial score (nSPS) is 19.2. The van der Waals surface area contributed by atoms with E-state index >= 15 is 0 Å². The SMILES string of the molecule is [2H]C1(c2ccc(-c3cccc4c3oc3c(-c5cc(CC(C)(C)C)cc[n+]5C)c(C)ccc34)c3c2C(C)(C)CC3(C)C)CCCCC1. The molecule has 1 saturated carbocycles. The lowest BCUT2D eigenvalue weighted by molar-refractivity contribution is -0.660. The number of aromatic nitrogens is 1. The molecule has 45 heavy (non-hydrogen) atoms. The first kappa shape index (κ1) is 29.0. The fourth-order valence-corrected chi connectivity index (χ4v) is 9.13. The highest BCUT2D eigenvalue weighted by atomic mass is 16.3. The molecule has 2 heterocycles. The first-order valence-corrected chi connectivity index (χ1v) is 17.2. The van der Waals surface area contributed by atoms with Gasteiger partial charge in [0.15, 0.2) is 6.20 Å². The molecule has 0 aliphatic heterocycles. The lowest BCUT2D eigenvalue weighted by Gasteiger charge is -2.30. The first-order chi connectivity index (χ1) is 21.6. The van der Waals surface area contributed by atoms with Crippen LogP contribution in [0.25, 0.3) is 44.3 Å². The van der Waals surface area contributed by atoms with Crippen molar-refractivity contribution in [3.8, 4) is 22.4 Å². The van der Waals surface area contributed by atoms with Crippen LogP contribution in [0.5, 0.6) is 0 Å². The lowest BCUT2D eigenvalue weighted by Crippen LogP contribution is -2.31. The van der Waals surface area contributed by atoms with E-state index in [0.717, 1.165) is 49.7 Å². The van der Waals surface area contributed by atoms with Crippen molar-refractivity contribution in [3.63, 3.8) is 0 Å².